The van der Waals surface area contributed by atoms with Gasteiger partial charge in [-0.05, 0) is 41.1 Å². The van der Waals surface area contributed by atoms with E-state index in [1.165, 1.54) is 17.4 Å². The molecule has 0 unspecified atom stereocenters. The lowest BCUT2D eigenvalue weighted by atomic mass is 10.3. The summed E-state index contributed by atoms with van der Waals surface area (Å²) in [6, 6.07) is 3.53. The molecule has 0 saturated carbocycles. The first-order valence-corrected chi connectivity index (χ1v) is 9.09. The fourth-order valence-electron chi connectivity index (χ4n) is 1.70. The Morgan fingerprint density at radius 3 is 2.62 bits per heavy atom. The summed E-state index contributed by atoms with van der Waals surface area (Å²) in [4.78, 5) is 1.14. The van der Waals surface area contributed by atoms with E-state index in [0.29, 0.717) is 9.75 Å². The number of hydrogen-bond acceptors (Lipinski definition) is 4. The maximum atomic E-state index is 13.2. The highest BCUT2D eigenvalue weighted by Gasteiger charge is 2.22. The third kappa shape index (κ3) is 3.57. The van der Waals surface area contributed by atoms with E-state index in [4.69, 9.17) is 16.7 Å². The zero-order chi connectivity index (χ0) is 15.8. The van der Waals surface area contributed by atoms with Crippen LogP contribution in [0, 0.1) is 12.7 Å². The van der Waals surface area contributed by atoms with E-state index < -0.39 is 15.8 Å². The van der Waals surface area contributed by atoms with Crippen molar-refractivity contribution in [3.8, 4) is 0 Å². The number of aliphatic hydroxyl groups excluding tert-OH is 1. The summed E-state index contributed by atoms with van der Waals surface area (Å²) in [6.07, 6.45) is 0. The van der Waals surface area contributed by atoms with Gasteiger partial charge in [-0.1, -0.05) is 11.6 Å². The molecule has 0 radical (unpaired) electrons. The zero-order valence-electron chi connectivity index (χ0n) is 10.7. The van der Waals surface area contributed by atoms with Crippen molar-refractivity contribution in [2.24, 2.45) is 0 Å². The summed E-state index contributed by atoms with van der Waals surface area (Å²) in [5.41, 5.74) is 0.0641. The molecule has 1 heterocycles. The van der Waals surface area contributed by atoms with Gasteiger partial charge in [-0.15, -0.1) is 11.3 Å². The molecular weight excluding hydrogens is 405 g/mol. The topological polar surface area (TPSA) is 66.4 Å². The number of sulfonamides is 1. The molecule has 0 saturated heterocycles. The van der Waals surface area contributed by atoms with Gasteiger partial charge in [0, 0.05) is 14.2 Å². The van der Waals surface area contributed by atoms with Crippen LogP contribution in [-0.2, 0) is 16.6 Å². The second kappa shape index (κ2) is 6.21. The minimum absolute atomic E-state index is 0.0549. The van der Waals surface area contributed by atoms with Crippen LogP contribution in [0.15, 0.2) is 27.6 Å². The third-order valence-electron chi connectivity index (χ3n) is 2.61. The molecule has 0 aliphatic rings. The number of nitrogens with one attached hydrogen (secondary N) is 1. The minimum atomic E-state index is -3.88. The van der Waals surface area contributed by atoms with Gasteiger partial charge in [0.05, 0.1) is 17.3 Å². The average molecular weight is 415 g/mol. The van der Waals surface area contributed by atoms with Gasteiger partial charge in [0.25, 0.3) is 10.0 Å². The molecule has 2 aromatic rings. The van der Waals surface area contributed by atoms with Crippen molar-refractivity contribution in [3.63, 3.8) is 0 Å². The summed E-state index contributed by atoms with van der Waals surface area (Å²) in [6.45, 7) is 1.40. The van der Waals surface area contributed by atoms with Crippen molar-refractivity contribution in [2.45, 2.75) is 18.4 Å². The van der Waals surface area contributed by atoms with Gasteiger partial charge in [-0.3, -0.25) is 4.72 Å². The summed E-state index contributed by atoms with van der Waals surface area (Å²) in [5, 5.41) is 9.02. The van der Waals surface area contributed by atoms with Crippen LogP contribution in [0.1, 0.15) is 9.75 Å². The summed E-state index contributed by atoms with van der Waals surface area (Å²) in [7, 11) is -3.88. The normalized spacial score (nSPS) is 11.7. The smallest absolute Gasteiger partial charge is 0.263 e. The molecule has 2 N–H and O–H groups in total. The Bertz CT molecular complexity index is 769. The van der Waals surface area contributed by atoms with E-state index in [-0.39, 0.29) is 26.7 Å². The SMILES string of the molecule is Cc1sc(CO)cc1S(=O)(=O)Nc1c(Cl)cc(F)cc1Br. The molecule has 0 aliphatic heterocycles. The maximum Gasteiger partial charge on any atom is 0.263 e. The van der Waals surface area contributed by atoms with E-state index in [1.807, 2.05) is 0 Å². The van der Waals surface area contributed by atoms with Crippen LogP contribution in [-0.4, -0.2) is 13.5 Å². The fraction of sp³-hybridized carbons (Fsp3) is 0.167. The molecule has 0 bridgehead atoms. The van der Waals surface area contributed by atoms with Gasteiger partial charge in [0.15, 0.2) is 0 Å². The molecule has 4 nitrogen and oxygen atoms in total. The standard InChI is InChI=1S/C12H10BrClFNO3S2/c1-6-11(4-8(5-17)20-6)21(18,19)16-12-9(13)2-7(15)3-10(12)14/h2-4,16-17H,5H2,1H3. The summed E-state index contributed by atoms with van der Waals surface area (Å²) < 4.78 is 40.5. The van der Waals surface area contributed by atoms with Gasteiger partial charge in [0.2, 0.25) is 0 Å². The molecule has 0 amide bonds. The number of benzene rings is 1. The molecule has 0 spiro atoms. The van der Waals surface area contributed by atoms with Crippen molar-refractivity contribution in [3.05, 3.63) is 43.3 Å². The van der Waals surface area contributed by atoms with Gasteiger partial charge >= 0.3 is 0 Å². The Kier molecular flexibility index (Phi) is 4.94. The van der Waals surface area contributed by atoms with Crippen LogP contribution >= 0.6 is 38.9 Å². The van der Waals surface area contributed by atoms with Crippen LogP contribution in [0.2, 0.25) is 5.02 Å². The van der Waals surface area contributed by atoms with E-state index in [0.717, 1.165) is 12.1 Å². The van der Waals surface area contributed by atoms with Crippen molar-refractivity contribution in [2.75, 3.05) is 4.72 Å². The first kappa shape index (κ1) is 16.7. The highest BCUT2D eigenvalue weighted by atomic mass is 79.9. The molecule has 1 aromatic carbocycles. The van der Waals surface area contributed by atoms with Crippen molar-refractivity contribution < 1.29 is 17.9 Å². The number of rotatable bonds is 4. The molecule has 1 aromatic heterocycles. The number of aryl methyl sites for hydroxylation is 1. The number of thiophene rings is 1. The van der Waals surface area contributed by atoms with Crippen molar-refractivity contribution >= 4 is 54.6 Å². The van der Waals surface area contributed by atoms with Crippen LogP contribution in [0.25, 0.3) is 0 Å². The predicted octanol–water partition coefficient (Wildman–Crippen LogP) is 3.90. The molecule has 0 fully saturated rings. The highest BCUT2D eigenvalue weighted by molar-refractivity contribution is 9.10. The lowest BCUT2D eigenvalue weighted by molar-refractivity contribution is 0.285. The lowest BCUT2D eigenvalue weighted by Gasteiger charge is -2.11. The zero-order valence-corrected chi connectivity index (χ0v) is 14.6. The van der Waals surface area contributed by atoms with E-state index in [9.17, 15) is 12.8 Å². The van der Waals surface area contributed by atoms with E-state index in [2.05, 4.69) is 20.7 Å². The Hall–Kier alpha value is -0.670. The second-order valence-electron chi connectivity index (χ2n) is 4.14. The van der Waals surface area contributed by atoms with Crippen molar-refractivity contribution in [1.29, 1.82) is 0 Å². The third-order valence-corrected chi connectivity index (χ3v) is 6.18. The van der Waals surface area contributed by atoms with Gasteiger partial charge in [-0.25, -0.2) is 12.8 Å². The van der Waals surface area contributed by atoms with Gasteiger partial charge < -0.3 is 5.11 Å². The Morgan fingerprint density at radius 1 is 1.43 bits per heavy atom. The van der Waals surface area contributed by atoms with E-state index >= 15 is 0 Å². The van der Waals surface area contributed by atoms with Gasteiger partial charge in [0.1, 0.15) is 10.7 Å². The molecule has 2 rings (SSSR count). The molecule has 0 aliphatic carbocycles. The van der Waals surface area contributed by atoms with Crippen LogP contribution < -0.4 is 4.72 Å². The first-order chi connectivity index (χ1) is 9.74. The van der Waals surface area contributed by atoms with Crippen LogP contribution in [0.5, 0.6) is 0 Å². The molecule has 114 valence electrons. The number of anilines is 1. The first-order valence-electron chi connectivity index (χ1n) is 5.62. The number of hydrogen-bond donors (Lipinski definition) is 2. The fourth-order valence-corrected chi connectivity index (χ4v) is 5.38. The minimum Gasteiger partial charge on any atom is -0.391 e. The number of aliphatic hydroxyl groups is 1. The van der Waals surface area contributed by atoms with Crippen molar-refractivity contribution in [1.82, 2.24) is 0 Å². The number of halogens is 3. The largest absolute Gasteiger partial charge is 0.391 e. The maximum absolute atomic E-state index is 13.2. The molecule has 0 atom stereocenters. The van der Waals surface area contributed by atoms with Gasteiger partial charge in [-0.2, -0.15) is 0 Å². The van der Waals surface area contributed by atoms with Crippen LogP contribution in [0.4, 0.5) is 10.1 Å². The predicted molar refractivity (Wildman–Crippen MR) is 84.9 cm³/mol. The Morgan fingerprint density at radius 2 is 2.10 bits per heavy atom. The monoisotopic (exact) mass is 413 g/mol. The van der Waals surface area contributed by atoms with Crippen LogP contribution in [0.3, 0.4) is 0 Å². The molecule has 9 heteroatoms. The Labute approximate surface area is 138 Å². The van der Waals surface area contributed by atoms with E-state index in [1.54, 1.807) is 6.92 Å². The summed E-state index contributed by atoms with van der Waals surface area (Å²) in [5.74, 6) is -0.580. The Balaban J connectivity index is 2.44. The average Bonchev–Trinajstić information content (AvgIpc) is 2.76. The molecule has 21 heavy (non-hydrogen) atoms. The second-order valence-corrected chi connectivity index (χ2v) is 8.39. The summed E-state index contributed by atoms with van der Waals surface area (Å²) >= 11 is 10.1. The lowest BCUT2D eigenvalue weighted by Crippen LogP contribution is -2.14. The quantitative estimate of drug-likeness (QED) is 0.797. The highest BCUT2D eigenvalue weighted by Crippen LogP contribution is 2.35. The molecular formula is C12H10BrClFNO3S2.